The minimum Gasteiger partial charge on any atom is -0.465 e. The number of anilines is 2. The molecule has 1 heterocycles. The highest BCUT2D eigenvalue weighted by molar-refractivity contribution is 7.80. The molecule has 0 saturated heterocycles. The zero-order chi connectivity index (χ0) is 20.1. The lowest BCUT2D eigenvalue weighted by Gasteiger charge is -2.15. The van der Waals surface area contributed by atoms with Crippen LogP contribution in [0.15, 0.2) is 60.7 Å². The minimum absolute atomic E-state index is 0.364. The zero-order valence-electron chi connectivity index (χ0n) is 16.0. The number of hydrogen-bond acceptors (Lipinski definition) is 4. The molecule has 1 aromatic heterocycles. The van der Waals surface area contributed by atoms with Crippen LogP contribution in [0, 0.1) is 0 Å². The minimum atomic E-state index is -0.397. The van der Waals surface area contributed by atoms with E-state index in [0.29, 0.717) is 21.6 Å². The number of thiophene rings is 1. The topological polar surface area (TPSA) is 50.4 Å². The molecule has 0 unspecified atom stereocenters. The second kappa shape index (κ2) is 8.99. The van der Waals surface area contributed by atoms with Gasteiger partial charge in [0.1, 0.15) is 5.00 Å². The van der Waals surface area contributed by atoms with Crippen molar-refractivity contribution in [3.05, 3.63) is 71.8 Å². The molecule has 0 spiro atoms. The van der Waals surface area contributed by atoms with E-state index in [1.807, 2.05) is 54.6 Å². The summed E-state index contributed by atoms with van der Waals surface area (Å²) in [4.78, 5) is 13.2. The molecule has 144 valence electrons. The number of carbonyl (C=O) groups is 1. The van der Waals surface area contributed by atoms with Crippen LogP contribution < -0.4 is 10.6 Å². The highest BCUT2D eigenvalue weighted by Gasteiger charge is 2.19. The number of ether oxygens (including phenoxy) is 1. The van der Waals surface area contributed by atoms with Crippen LogP contribution in [0.25, 0.3) is 10.4 Å². The lowest BCUT2D eigenvalue weighted by molar-refractivity contribution is 0.0602. The third kappa shape index (κ3) is 4.58. The molecule has 2 N–H and O–H groups in total. The third-order valence-corrected chi connectivity index (χ3v) is 5.56. The fourth-order valence-electron chi connectivity index (χ4n) is 2.86. The standard InChI is InChI=1S/C22H22N2O2S2/c1-14(2)16-11-7-8-12-18(16)23-22(27)24-20-17(21(25)26-3)13-19(28-20)15-9-5-4-6-10-15/h4-14H,1-3H3,(H2,23,24,27). The molecule has 0 aliphatic carbocycles. The van der Waals surface area contributed by atoms with Crippen molar-refractivity contribution in [2.75, 3.05) is 17.7 Å². The molecule has 0 fully saturated rings. The van der Waals surface area contributed by atoms with Crippen LogP contribution in [0.3, 0.4) is 0 Å². The van der Waals surface area contributed by atoms with Crippen LogP contribution >= 0.6 is 23.6 Å². The molecule has 0 atom stereocenters. The summed E-state index contributed by atoms with van der Waals surface area (Å²) in [5.41, 5.74) is 3.63. The zero-order valence-corrected chi connectivity index (χ0v) is 17.6. The first-order valence-corrected chi connectivity index (χ1v) is 10.2. The maximum atomic E-state index is 12.2. The van der Waals surface area contributed by atoms with E-state index in [-0.39, 0.29) is 0 Å². The van der Waals surface area contributed by atoms with Crippen molar-refractivity contribution in [2.45, 2.75) is 19.8 Å². The Morgan fingerprint density at radius 3 is 2.39 bits per heavy atom. The number of benzene rings is 2. The third-order valence-electron chi connectivity index (χ3n) is 4.25. The monoisotopic (exact) mass is 410 g/mol. The first kappa shape index (κ1) is 20.0. The number of rotatable bonds is 5. The number of carbonyl (C=O) groups excluding carboxylic acids is 1. The van der Waals surface area contributed by atoms with Crippen LogP contribution in [0.1, 0.15) is 35.7 Å². The van der Waals surface area contributed by atoms with E-state index in [2.05, 4.69) is 30.5 Å². The van der Waals surface area contributed by atoms with E-state index in [1.165, 1.54) is 24.0 Å². The van der Waals surface area contributed by atoms with Crippen LogP contribution in [0.5, 0.6) is 0 Å². The molecular weight excluding hydrogens is 388 g/mol. The molecule has 0 bridgehead atoms. The van der Waals surface area contributed by atoms with Gasteiger partial charge in [-0.15, -0.1) is 11.3 Å². The summed E-state index contributed by atoms with van der Waals surface area (Å²) in [6.45, 7) is 4.27. The Morgan fingerprint density at radius 1 is 1.04 bits per heavy atom. The van der Waals surface area contributed by atoms with Gasteiger partial charge in [-0.1, -0.05) is 62.4 Å². The van der Waals surface area contributed by atoms with Gasteiger partial charge >= 0.3 is 5.97 Å². The Balaban J connectivity index is 1.86. The highest BCUT2D eigenvalue weighted by atomic mass is 32.1. The molecule has 0 amide bonds. The molecular formula is C22H22N2O2S2. The summed E-state index contributed by atoms with van der Waals surface area (Å²) in [6, 6.07) is 19.8. The normalized spacial score (nSPS) is 10.6. The molecule has 28 heavy (non-hydrogen) atoms. The summed E-state index contributed by atoms with van der Waals surface area (Å²) in [6.07, 6.45) is 0. The fourth-order valence-corrected chi connectivity index (χ4v) is 4.19. The Morgan fingerprint density at radius 2 is 1.71 bits per heavy atom. The number of methoxy groups -OCH3 is 1. The molecule has 3 rings (SSSR count). The van der Waals surface area contributed by atoms with Gasteiger partial charge in [0, 0.05) is 10.6 Å². The maximum absolute atomic E-state index is 12.2. The van der Waals surface area contributed by atoms with Gasteiger partial charge in [-0.3, -0.25) is 0 Å². The van der Waals surface area contributed by atoms with Crippen LogP contribution in [-0.2, 0) is 4.74 Å². The van der Waals surface area contributed by atoms with Gasteiger partial charge in [0.15, 0.2) is 5.11 Å². The number of para-hydroxylation sites is 1. The second-order valence-electron chi connectivity index (χ2n) is 6.53. The smallest absolute Gasteiger partial charge is 0.340 e. The average Bonchev–Trinajstić information content (AvgIpc) is 3.12. The van der Waals surface area contributed by atoms with Crippen molar-refractivity contribution in [1.82, 2.24) is 0 Å². The maximum Gasteiger partial charge on any atom is 0.340 e. The summed E-state index contributed by atoms with van der Waals surface area (Å²) in [5, 5.41) is 7.50. The van der Waals surface area contributed by atoms with Crippen molar-refractivity contribution in [2.24, 2.45) is 0 Å². The molecule has 0 aliphatic rings. The molecule has 4 nitrogen and oxygen atoms in total. The van der Waals surface area contributed by atoms with Gasteiger partial charge < -0.3 is 15.4 Å². The number of esters is 1. The van der Waals surface area contributed by atoms with Crippen LogP contribution in [-0.4, -0.2) is 18.2 Å². The van der Waals surface area contributed by atoms with Gasteiger partial charge in [-0.05, 0) is 41.4 Å². The van der Waals surface area contributed by atoms with E-state index in [0.717, 1.165) is 16.1 Å². The van der Waals surface area contributed by atoms with Crippen molar-refractivity contribution < 1.29 is 9.53 Å². The Hall–Kier alpha value is -2.70. The molecule has 6 heteroatoms. The summed E-state index contributed by atoms with van der Waals surface area (Å²) < 4.78 is 4.94. The molecule has 3 aromatic rings. The van der Waals surface area contributed by atoms with E-state index >= 15 is 0 Å². The van der Waals surface area contributed by atoms with Gasteiger partial charge in [0.2, 0.25) is 0 Å². The number of hydrogen-bond donors (Lipinski definition) is 2. The second-order valence-corrected chi connectivity index (χ2v) is 7.99. The Labute approximate surface area is 174 Å². The highest BCUT2D eigenvalue weighted by Crippen LogP contribution is 2.36. The van der Waals surface area contributed by atoms with Gasteiger partial charge in [0.25, 0.3) is 0 Å². The van der Waals surface area contributed by atoms with Crippen molar-refractivity contribution in [3.8, 4) is 10.4 Å². The van der Waals surface area contributed by atoms with E-state index < -0.39 is 5.97 Å². The summed E-state index contributed by atoms with van der Waals surface area (Å²) >= 11 is 6.97. The van der Waals surface area contributed by atoms with Crippen LogP contribution in [0.4, 0.5) is 10.7 Å². The van der Waals surface area contributed by atoms with Crippen molar-refractivity contribution >= 4 is 45.3 Å². The van der Waals surface area contributed by atoms with Crippen molar-refractivity contribution in [1.29, 1.82) is 0 Å². The van der Waals surface area contributed by atoms with Crippen molar-refractivity contribution in [3.63, 3.8) is 0 Å². The number of thiocarbonyl (C=S) groups is 1. The van der Waals surface area contributed by atoms with E-state index in [4.69, 9.17) is 17.0 Å². The fraction of sp³-hybridized carbons (Fsp3) is 0.182. The largest absolute Gasteiger partial charge is 0.465 e. The quantitative estimate of drug-likeness (QED) is 0.391. The first-order valence-electron chi connectivity index (χ1n) is 8.94. The lowest BCUT2D eigenvalue weighted by Crippen LogP contribution is -2.20. The lowest BCUT2D eigenvalue weighted by atomic mass is 10.0. The van der Waals surface area contributed by atoms with Gasteiger partial charge in [0.05, 0.1) is 12.7 Å². The van der Waals surface area contributed by atoms with Gasteiger partial charge in [-0.25, -0.2) is 4.79 Å². The van der Waals surface area contributed by atoms with E-state index in [9.17, 15) is 4.79 Å². The Kier molecular flexibility index (Phi) is 6.44. The summed E-state index contributed by atoms with van der Waals surface area (Å²) in [7, 11) is 1.38. The first-order chi connectivity index (χ1) is 13.5. The number of nitrogens with one attached hydrogen (secondary N) is 2. The average molecular weight is 411 g/mol. The Bertz CT molecular complexity index is 981. The van der Waals surface area contributed by atoms with Crippen LogP contribution in [0.2, 0.25) is 0 Å². The SMILES string of the molecule is COC(=O)c1cc(-c2ccccc2)sc1NC(=S)Nc1ccccc1C(C)C. The molecule has 0 saturated carbocycles. The molecule has 0 radical (unpaired) electrons. The van der Waals surface area contributed by atoms with Gasteiger partial charge in [-0.2, -0.15) is 0 Å². The molecule has 2 aromatic carbocycles. The predicted molar refractivity (Wildman–Crippen MR) is 121 cm³/mol. The predicted octanol–water partition coefficient (Wildman–Crippen LogP) is 6.13. The van der Waals surface area contributed by atoms with E-state index in [1.54, 1.807) is 0 Å². The summed E-state index contributed by atoms with van der Waals surface area (Å²) in [5.74, 6) is -0.0325. The molecule has 0 aliphatic heterocycles.